The van der Waals surface area contributed by atoms with Crippen molar-refractivity contribution in [2.45, 2.75) is 27.2 Å². The van der Waals surface area contributed by atoms with Crippen molar-refractivity contribution in [2.75, 3.05) is 57.8 Å². The highest BCUT2D eigenvalue weighted by molar-refractivity contribution is 5.85. The number of nitrogens with two attached hydrogens (primary N) is 1. The van der Waals surface area contributed by atoms with Gasteiger partial charge in [0, 0.05) is 58.4 Å². The van der Waals surface area contributed by atoms with Crippen LogP contribution in [0, 0.1) is 12.3 Å². The predicted octanol–water partition coefficient (Wildman–Crippen LogP) is 2.79. The molecule has 0 saturated carbocycles. The van der Waals surface area contributed by atoms with Gasteiger partial charge in [0.2, 0.25) is 5.91 Å². The molecule has 0 radical (unpaired) electrons. The summed E-state index contributed by atoms with van der Waals surface area (Å²) in [5.74, 6) is 0.211. The number of hydrogen-bond acceptors (Lipinski definition) is 4. The van der Waals surface area contributed by atoms with E-state index in [4.69, 9.17) is 5.73 Å². The Hall–Kier alpha value is -1.01. The molecule has 1 aliphatic heterocycles. The molecule has 2 rings (SSSR count). The van der Waals surface area contributed by atoms with Crippen LogP contribution in [-0.4, -0.2) is 68.6 Å². The van der Waals surface area contributed by atoms with Gasteiger partial charge in [-0.15, -0.1) is 24.8 Å². The van der Waals surface area contributed by atoms with Crippen molar-refractivity contribution in [3.8, 4) is 0 Å². The zero-order valence-electron chi connectivity index (χ0n) is 17.1. The van der Waals surface area contributed by atoms with Crippen molar-refractivity contribution in [2.24, 2.45) is 11.1 Å². The Bertz CT molecular complexity index is 575. The van der Waals surface area contributed by atoms with E-state index in [0.717, 1.165) is 32.7 Å². The monoisotopic (exact) mass is 418 g/mol. The minimum atomic E-state index is -0.0240. The first kappa shape index (κ1) is 26.0. The lowest BCUT2D eigenvalue weighted by molar-refractivity contribution is -0.131. The maximum atomic E-state index is 12.4. The summed E-state index contributed by atoms with van der Waals surface area (Å²) in [5, 5.41) is 0. The molecule has 0 aromatic heterocycles. The molecule has 5 nitrogen and oxygen atoms in total. The highest BCUT2D eigenvalue weighted by Gasteiger charge is 2.22. The van der Waals surface area contributed by atoms with Gasteiger partial charge < -0.3 is 15.5 Å². The second-order valence-electron chi connectivity index (χ2n) is 8.04. The molecule has 1 amide bonds. The molecule has 1 aromatic rings. The molecule has 27 heavy (non-hydrogen) atoms. The molecule has 1 fully saturated rings. The van der Waals surface area contributed by atoms with Crippen molar-refractivity contribution in [3.63, 3.8) is 0 Å². The highest BCUT2D eigenvalue weighted by atomic mass is 35.5. The van der Waals surface area contributed by atoms with Crippen molar-refractivity contribution in [3.05, 3.63) is 29.8 Å². The summed E-state index contributed by atoms with van der Waals surface area (Å²) in [6.45, 7) is 12.5. The van der Waals surface area contributed by atoms with Crippen LogP contribution in [-0.2, 0) is 4.79 Å². The summed E-state index contributed by atoms with van der Waals surface area (Å²) >= 11 is 0. The Kier molecular flexibility index (Phi) is 11.3. The second kappa shape index (κ2) is 11.7. The molecule has 0 bridgehead atoms. The second-order valence-corrected chi connectivity index (χ2v) is 8.04. The number of carbonyl (C=O) groups excluding carboxylic acids is 1. The van der Waals surface area contributed by atoms with Gasteiger partial charge in [-0.25, -0.2) is 0 Å². The van der Waals surface area contributed by atoms with Crippen LogP contribution in [0.15, 0.2) is 24.3 Å². The SMILES string of the molecule is Cc1cccc(N2CCN(CCC(=O)N(C)CC(C)(C)CN)CC2)c1.Cl.Cl. The lowest BCUT2D eigenvalue weighted by Gasteiger charge is -2.36. The molecule has 156 valence electrons. The Labute approximate surface area is 177 Å². The zero-order valence-corrected chi connectivity index (χ0v) is 18.7. The van der Waals surface area contributed by atoms with Crippen LogP contribution >= 0.6 is 24.8 Å². The van der Waals surface area contributed by atoms with Crippen molar-refractivity contribution < 1.29 is 4.79 Å². The van der Waals surface area contributed by atoms with E-state index in [0.29, 0.717) is 19.5 Å². The van der Waals surface area contributed by atoms with Crippen LogP contribution in [0.2, 0.25) is 0 Å². The fraction of sp³-hybridized carbons (Fsp3) is 0.650. The van der Waals surface area contributed by atoms with Crippen LogP contribution in [0.3, 0.4) is 0 Å². The summed E-state index contributed by atoms with van der Waals surface area (Å²) in [7, 11) is 1.88. The molecule has 1 heterocycles. The zero-order chi connectivity index (χ0) is 18.4. The lowest BCUT2D eigenvalue weighted by Crippen LogP contribution is -2.47. The van der Waals surface area contributed by atoms with E-state index in [1.54, 1.807) is 0 Å². The maximum Gasteiger partial charge on any atom is 0.223 e. The van der Waals surface area contributed by atoms with Gasteiger partial charge in [0.1, 0.15) is 0 Å². The number of anilines is 1. The third-order valence-electron chi connectivity index (χ3n) is 5.02. The van der Waals surface area contributed by atoms with Gasteiger partial charge in [-0.2, -0.15) is 0 Å². The molecule has 0 unspecified atom stereocenters. The number of hydrogen-bond donors (Lipinski definition) is 1. The molecule has 7 heteroatoms. The van der Waals surface area contributed by atoms with Crippen molar-refractivity contribution in [1.29, 1.82) is 0 Å². The van der Waals surface area contributed by atoms with Gasteiger partial charge in [-0.3, -0.25) is 9.69 Å². The molecule has 0 atom stereocenters. The van der Waals surface area contributed by atoms with Crippen LogP contribution in [0.4, 0.5) is 5.69 Å². The Morgan fingerprint density at radius 3 is 2.37 bits per heavy atom. The molecular weight excluding hydrogens is 383 g/mol. The average molecular weight is 419 g/mol. The number of rotatable bonds is 7. The molecule has 0 spiro atoms. The van der Waals surface area contributed by atoms with Gasteiger partial charge in [0.15, 0.2) is 0 Å². The number of carbonyl (C=O) groups is 1. The minimum Gasteiger partial charge on any atom is -0.369 e. The number of nitrogens with zero attached hydrogens (tertiary/aromatic N) is 3. The molecule has 1 saturated heterocycles. The number of piperazine rings is 1. The van der Waals surface area contributed by atoms with Gasteiger partial charge in [0.25, 0.3) is 0 Å². The highest BCUT2D eigenvalue weighted by Crippen LogP contribution is 2.18. The fourth-order valence-electron chi connectivity index (χ4n) is 3.29. The number of amides is 1. The number of aryl methyl sites for hydroxylation is 1. The summed E-state index contributed by atoms with van der Waals surface area (Å²) in [5.41, 5.74) is 8.35. The summed E-state index contributed by atoms with van der Waals surface area (Å²) in [6.07, 6.45) is 0.585. The standard InChI is InChI=1S/C20H34N4O.2ClH/c1-17-6-5-7-18(14-17)24-12-10-23(11-13-24)9-8-19(25)22(4)16-20(2,3)15-21;;/h5-7,14H,8-13,15-16,21H2,1-4H3;2*1H. The van der Waals surface area contributed by atoms with E-state index in [-0.39, 0.29) is 36.1 Å². The first-order valence-electron chi connectivity index (χ1n) is 9.29. The first-order valence-corrected chi connectivity index (χ1v) is 9.29. The van der Waals surface area contributed by atoms with Gasteiger partial charge in [-0.1, -0.05) is 26.0 Å². The lowest BCUT2D eigenvalue weighted by atomic mass is 9.93. The Morgan fingerprint density at radius 2 is 1.81 bits per heavy atom. The largest absolute Gasteiger partial charge is 0.369 e. The quantitative estimate of drug-likeness (QED) is 0.739. The van der Waals surface area contributed by atoms with Gasteiger partial charge in [-0.05, 0) is 36.6 Å². The van der Waals surface area contributed by atoms with E-state index in [1.165, 1.54) is 11.3 Å². The third-order valence-corrected chi connectivity index (χ3v) is 5.02. The van der Waals surface area contributed by atoms with Gasteiger partial charge >= 0.3 is 0 Å². The van der Waals surface area contributed by atoms with E-state index in [1.807, 2.05) is 11.9 Å². The van der Waals surface area contributed by atoms with E-state index >= 15 is 0 Å². The smallest absolute Gasteiger partial charge is 0.223 e. The summed E-state index contributed by atoms with van der Waals surface area (Å²) < 4.78 is 0. The summed E-state index contributed by atoms with van der Waals surface area (Å²) in [6, 6.07) is 8.68. The van der Waals surface area contributed by atoms with E-state index in [2.05, 4.69) is 54.8 Å². The minimum absolute atomic E-state index is 0. The van der Waals surface area contributed by atoms with Crippen LogP contribution in [0.5, 0.6) is 0 Å². The normalized spacial score (nSPS) is 14.9. The molecule has 0 aliphatic carbocycles. The molecular formula is C20H36Cl2N4O. The molecule has 1 aromatic carbocycles. The topological polar surface area (TPSA) is 52.8 Å². The van der Waals surface area contributed by atoms with Crippen LogP contribution in [0.1, 0.15) is 25.8 Å². The van der Waals surface area contributed by atoms with Crippen LogP contribution in [0.25, 0.3) is 0 Å². The first-order chi connectivity index (χ1) is 11.8. The van der Waals surface area contributed by atoms with E-state index < -0.39 is 0 Å². The predicted molar refractivity (Wildman–Crippen MR) is 119 cm³/mol. The van der Waals surface area contributed by atoms with Crippen LogP contribution < -0.4 is 10.6 Å². The Balaban J connectivity index is 0.00000338. The average Bonchev–Trinajstić information content (AvgIpc) is 2.59. The third kappa shape index (κ3) is 8.26. The van der Waals surface area contributed by atoms with Crippen molar-refractivity contribution >= 4 is 36.4 Å². The van der Waals surface area contributed by atoms with Gasteiger partial charge in [0.05, 0.1) is 0 Å². The molecule has 2 N–H and O–H groups in total. The fourth-order valence-corrected chi connectivity index (χ4v) is 3.29. The van der Waals surface area contributed by atoms with E-state index in [9.17, 15) is 4.79 Å². The number of benzene rings is 1. The number of halogens is 2. The Morgan fingerprint density at radius 1 is 1.19 bits per heavy atom. The summed E-state index contributed by atoms with van der Waals surface area (Å²) in [4.78, 5) is 19.0. The molecule has 1 aliphatic rings. The van der Waals surface area contributed by atoms with Crippen molar-refractivity contribution in [1.82, 2.24) is 9.80 Å². The maximum absolute atomic E-state index is 12.4.